The van der Waals surface area contributed by atoms with Crippen molar-refractivity contribution in [1.82, 2.24) is 5.32 Å². The monoisotopic (exact) mass is 297 g/mol. The van der Waals surface area contributed by atoms with E-state index in [4.69, 9.17) is 5.11 Å². The van der Waals surface area contributed by atoms with Gasteiger partial charge in [-0.1, -0.05) is 28.9 Å². The summed E-state index contributed by atoms with van der Waals surface area (Å²) in [6.07, 6.45) is 2.96. The lowest BCUT2D eigenvalue weighted by Gasteiger charge is -2.27. The number of fused-ring (bicyclic) bond motifs is 1. The molecule has 0 spiro atoms. The van der Waals surface area contributed by atoms with Crippen molar-refractivity contribution in [2.75, 3.05) is 0 Å². The molecule has 1 atom stereocenters. The van der Waals surface area contributed by atoms with Gasteiger partial charge in [0.15, 0.2) is 0 Å². The Morgan fingerprint density at radius 3 is 3.00 bits per heavy atom. The summed E-state index contributed by atoms with van der Waals surface area (Å²) in [5.41, 5.74) is 3.65. The second-order valence-corrected chi connectivity index (χ2v) is 5.25. The van der Waals surface area contributed by atoms with Crippen LogP contribution in [0, 0.1) is 0 Å². The molecular formula is C13H16BrNO2. The van der Waals surface area contributed by atoms with E-state index in [2.05, 4.69) is 40.3 Å². The normalized spacial score (nSPS) is 18.6. The van der Waals surface area contributed by atoms with E-state index in [-0.39, 0.29) is 6.04 Å². The average Bonchev–Trinajstić information content (AvgIpc) is 2.29. The van der Waals surface area contributed by atoms with Gasteiger partial charge in [-0.25, -0.2) is 4.79 Å². The van der Waals surface area contributed by atoms with Crippen LogP contribution in [-0.4, -0.2) is 11.2 Å². The van der Waals surface area contributed by atoms with E-state index < -0.39 is 6.09 Å². The SMILES string of the molecule is CCc1cc(Br)c2c(c1)[C@@H](NC(=O)O)CCC2. The fourth-order valence-corrected chi connectivity index (χ4v) is 3.15. The Balaban J connectivity index is 2.41. The average molecular weight is 298 g/mol. The smallest absolute Gasteiger partial charge is 0.405 e. The minimum Gasteiger partial charge on any atom is -0.465 e. The number of benzene rings is 1. The Kier molecular flexibility index (Phi) is 3.72. The van der Waals surface area contributed by atoms with E-state index in [1.54, 1.807) is 0 Å². The zero-order valence-corrected chi connectivity index (χ0v) is 11.4. The lowest BCUT2D eigenvalue weighted by Crippen LogP contribution is -2.29. The summed E-state index contributed by atoms with van der Waals surface area (Å²) in [5.74, 6) is 0. The minimum absolute atomic E-state index is 0.0564. The first kappa shape index (κ1) is 12.4. The van der Waals surface area contributed by atoms with Crippen molar-refractivity contribution in [2.45, 2.75) is 38.6 Å². The predicted octanol–water partition coefficient (Wildman–Crippen LogP) is 3.66. The first-order valence-corrected chi connectivity index (χ1v) is 6.71. The van der Waals surface area contributed by atoms with Gasteiger partial charge in [0, 0.05) is 4.47 Å². The summed E-state index contributed by atoms with van der Waals surface area (Å²) in [6.45, 7) is 2.11. The van der Waals surface area contributed by atoms with E-state index in [0.717, 1.165) is 35.7 Å². The quantitative estimate of drug-likeness (QED) is 0.875. The maximum Gasteiger partial charge on any atom is 0.405 e. The summed E-state index contributed by atoms with van der Waals surface area (Å²) in [7, 11) is 0. The lowest BCUT2D eigenvalue weighted by atomic mass is 9.86. The third-order valence-electron chi connectivity index (χ3n) is 3.29. The Bertz CT molecular complexity index is 445. The fraction of sp³-hybridized carbons (Fsp3) is 0.462. The van der Waals surface area contributed by atoms with Crippen molar-refractivity contribution < 1.29 is 9.90 Å². The highest BCUT2D eigenvalue weighted by Gasteiger charge is 2.23. The zero-order valence-electron chi connectivity index (χ0n) is 9.79. The number of nitrogens with one attached hydrogen (secondary N) is 1. The molecule has 2 N–H and O–H groups in total. The molecule has 0 radical (unpaired) electrons. The topological polar surface area (TPSA) is 49.3 Å². The van der Waals surface area contributed by atoms with Gasteiger partial charge in [-0.15, -0.1) is 0 Å². The zero-order chi connectivity index (χ0) is 12.4. The molecule has 92 valence electrons. The van der Waals surface area contributed by atoms with Crippen LogP contribution in [0.3, 0.4) is 0 Å². The molecule has 3 nitrogen and oxygen atoms in total. The molecule has 0 bridgehead atoms. The highest BCUT2D eigenvalue weighted by atomic mass is 79.9. The Hall–Kier alpha value is -1.03. The van der Waals surface area contributed by atoms with Crippen LogP contribution in [0.5, 0.6) is 0 Å². The molecule has 1 aromatic carbocycles. The molecule has 0 saturated carbocycles. The van der Waals surface area contributed by atoms with Crippen molar-refractivity contribution in [1.29, 1.82) is 0 Å². The third kappa shape index (κ3) is 2.63. The molecule has 17 heavy (non-hydrogen) atoms. The van der Waals surface area contributed by atoms with Crippen LogP contribution < -0.4 is 5.32 Å². The number of amides is 1. The standard InChI is InChI=1S/C13H16BrNO2/c1-2-8-6-10-9(11(14)7-8)4-3-5-12(10)15-13(16)17/h6-7,12,15H,2-5H2,1H3,(H,16,17)/t12-/m0/s1. The number of carboxylic acid groups (broad SMARTS) is 1. The van der Waals surface area contributed by atoms with E-state index in [1.807, 2.05) is 0 Å². The lowest BCUT2D eigenvalue weighted by molar-refractivity contribution is 0.188. The Morgan fingerprint density at radius 2 is 2.35 bits per heavy atom. The molecule has 0 unspecified atom stereocenters. The van der Waals surface area contributed by atoms with Gasteiger partial charge < -0.3 is 10.4 Å². The van der Waals surface area contributed by atoms with Gasteiger partial charge in [-0.05, 0) is 48.4 Å². The maximum atomic E-state index is 10.8. The molecule has 2 rings (SSSR count). The molecule has 0 aliphatic heterocycles. The van der Waals surface area contributed by atoms with Gasteiger partial charge in [0.2, 0.25) is 0 Å². The number of carbonyl (C=O) groups is 1. The van der Waals surface area contributed by atoms with Gasteiger partial charge in [-0.3, -0.25) is 0 Å². The van der Waals surface area contributed by atoms with Crippen LogP contribution in [0.4, 0.5) is 4.79 Å². The van der Waals surface area contributed by atoms with Gasteiger partial charge >= 0.3 is 6.09 Å². The summed E-state index contributed by atoms with van der Waals surface area (Å²) in [5, 5.41) is 11.5. The van der Waals surface area contributed by atoms with E-state index >= 15 is 0 Å². The fourth-order valence-electron chi connectivity index (χ4n) is 2.43. The summed E-state index contributed by atoms with van der Waals surface area (Å²) >= 11 is 3.59. The van der Waals surface area contributed by atoms with Gasteiger partial charge in [0.1, 0.15) is 0 Å². The van der Waals surface area contributed by atoms with E-state index in [0.29, 0.717) is 0 Å². The Labute approximate surface area is 109 Å². The maximum absolute atomic E-state index is 10.8. The number of aryl methyl sites for hydroxylation is 1. The largest absolute Gasteiger partial charge is 0.465 e. The number of hydrogen-bond acceptors (Lipinski definition) is 1. The molecule has 1 amide bonds. The van der Waals surface area contributed by atoms with Crippen LogP contribution in [-0.2, 0) is 12.8 Å². The predicted molar refractivity (Wildman–Crippen MR) is 70.4 cm³/mol. The minimum atomic E-state index is -0.944. The molecule has 1 aliphatic carbocycles. The highest BCUT2D eigenvalue weighted by molar-refractivity contribution is 9.10. The van der Waals surface area contributed by atoms with E-state index in [1.165, 1.54) is 11.1 Å². The second-order valence-electron chi connectivity index (χ2n) is 4.39. The van der Waals surface area contributed by atoms with Crippen molar-refractivity contribution in [3.63, 3.8) is 0 Å². The molecule has 1 aliphatic rings. The molecular weight excluding hydrogens is 282 g/mol. The molecule has 0 aromatic heterocycles. The van der Waals surface area contributed by atoms with Crippen molar-refractivity contribution in [2.24, 2.45) is 0 Å². The number of rotatable bonds is 2. The van der Waals surface area contributed by atoms with Gasteiger partial charge in [0.25, 0.3) is 0 Å². The van der Waals surface area contributed by atoms with Crippen molar-refractivity contribution >= 4 is 22.0 Å². The van der Waals surface area contributed by atoms with Crippen LogP contribution >= 0.6 is 15.9 Å². The van der Waals surface area contributed by atoms with Gasteiger partial charge in [-0.2, -0.15) is 0 Å². The third-order valence-corrected chi connectivity index (χ3v) is 4.00. The molecule has 0 heterocycles. The molecule has 4 heteroatoms. The summed E-state index contributed by atoms with van der Waals surface area (Å²) in [4.78, 5) is 10.8. The first-order valence-electron chi connectivity index (χ1n) is 5.92. The van der Waals surface area contributed by atoms with Crippen molar-refractivity contribution in [3.8, 4) is 0 Å². The van der Waals surface area contributed by atoms with Crippen molar-refractivity contribution in [3.05, 3.63) is 33.3 Å². The van der Waals surface area contributed by atoms with Crippen LogP contribution in [0.25, 0.3) is 0 Å². The summed E-state index contributed by atoms with van der Waals surface area (Å²) in [6, 6.07) is 4.22. The summed E-state index contributed by atoms with van der Waals surface area (Å²) < 4.78 is 1.11. The number of hydrogen-bond donors (Lipinski definition) is 2. The highest BCUT2D eigenvalue weighted by Crippen LogP contribution is 2.35. The number of halogens is 1. The molecule has 0 saturated heterocycles. The van der Waals surface area contributed by atoms with Crippen LogP contribution in [0.2, 0.25) is 0 Å². The molecule has 0 fully saturated rings. The first-order chi connectivity index (χ1) is 8.11. The van der Waals surface area contributed by atoms with Crippen LogP contribution in [0.15, 0.2) is 16.6 Å². The van der Waals surface area contributed by atoms with Crippen LogP contribution in [0.1, 0.15) is 42.5 Å². The van der Waals surface area contributed by atoms with Gasteiger partial charge in [0.05, 0.1) is 6.04 Å². The van der Waals surface area contributed by atoms with E-state index in [9.17, 15) is 4.79 Å². The Morgan fingerprint density at radius 1 is 1.59 bits per heavy atom. The second kappa shape index (κ2) is 5.08. The molecule has 1 aromatic rings.